The molecule has 0 amide bonds. The van der Waals surface area contributed by atoms with Crippen molar-refractivity contribution in [1.82, 2.24) is 19.5 Å². The van der Waals surface area contributed by atoms with Gasteiger partial charge in [-0.05, 0) is 18.6 Å². The molecule has 0 saturated carbocycles. The maximum atomic E-state index is 12.6. The number of ketones is 2. The van der Waals surface area contributed by atoms with Crippen molar-refractivity contribution in [2.24, 2.45) is 5.41 Å². The molecular weight excluding hydrogens is 727 g/mol. The predicted octanol–water partition coefficient (Wildman–Crippen LogP) is 0.801. The molecule has 3 rings (SSSR count). The third kappa shape index (κ3) is 11.4. The lowest BCUT2D eigenvalue weighted by atomic mass is 9.84. The van der Waals surface area contributed by atoms with Crippen molar-refractivity contribution in [3.05, 3.63) is 12.7 Å². The van der Waals surface area contributed by atoms with Crippen LogP contribution in [0, 0.1) is 5.41 Å². The van der Waals surface area contributed by atoms with Crippen LogP contribution in [0.2, 0.25) is 0 Å². The number of nitrogens with two attached hydrogens (primary N) is 1. The smallest absolute Gasteiger partial charge is 0.386 e. The molecule has 25 heteroatoms. The maximum Gasteiger partial charge on any atom is 0.481 e. The number of aliphatic hydroxyl groups is 2. The highest BCUT2D eigenvalue weighted by molar-refractivity contribution is 7.80. The average Bonchev–Trinajstić information content (AvgIpc) is 3.54. The fraction of sp³-hybridized carbons (Fsp3) is 0.696. The first-order valence-electron chi connectivity index (χ1n) is 14.2. The quantitative estimate of drug-likeness (QED) is 0.0682. The summed E-state index contributed by atoms with van der Waals surface area (Å²) in [5.74, 6) is -0.216. The zero-order valence-corrected chi connectivity index (χ0v) is 29.2. The second-order valence-electron chi connectivity index (χ2n) is 11.4. The van der Waals surface area contributed by atoms with E-state index < -0.39 is 78.5 Å². The highest BCUT2D eigenvalue weighted by Crippen LogP contribution is 2.61. The molecule has 272 valence electrons. The number of hydrogen-bond donors (Lipinski definition) is 8. The molecule has 7 atom stereocenters. The van der Waals surface area contributed by atoms with E-state index in [0.29, 0.717) is 18.6 Å². The number of hydrogen-bond acceptors (Lipinski definition) is 17. The number of nitrogens with zero attached hydrogens (tertiary/aromatic N) is 4. The number of thiol groups is 1. The van der Waals surface area contributed by atoms with Gasteiger partial charge in [0.2, 0.25) is 0 Å². The molecule has 2 aromatic heterocycles. The Balaban J connectivity index is 1.61. The van der Waals surface area contributed by atoms with Crippen LogP contribution >= 0.6 is 36.1 Å². The summed E-state index contributed by atoms with van der Waals surface area (Å²) < 4.78 is 61.8. The van der Waals surface area contributed by atoms with Crippen molar-refractivity contribution in [1.29, 1.82) is 0 Å². The molecular formula is C23H38N5O16P3S. The van der Waals surface area contributed by atoms with Crippen molar-refractivity contribution in [2.45, 2.75) is 76.6 Å². The van der Waals surface area contributed by atoms with Gasteiger partial charge in [0, 0.05) is 24.7 Å². The highest BCUT2D eigenvalue weighted by Gasteiger charge is 2.50. The van der Waals surface area contributed by atoms with Crippen LogP contribution in [0.5, 0.6) is 0 Å². The zero-order valence-electron chi connectivity index (χ0n) is 25.6. The minimum atomic E-state index is -5.52. The van der Waals surface area contributed by atoms with Crippen LogP contribution in [0.4, 0.5) is 5.82 Å². The molecule has 2 aromatic rings. The normalized spacial score (nSPS) is 23.5. The minimum absolute atomic E-state index is 0.0311. The third-order valence-electron chi connectivity index (χ3n) is 6.98. The van der Waals surface area contributed by atoms with E-state index in [-0.39, 0.29) is 42.0 Å². The first-order chi connectivity index (χ1) is 22.2. The lowest BCUT2D eigenvalue weighted by Crippen LogP contribution is -2.39. The van der Waals surface area contributed by atoms with Crippen LogP contribution < -0.4 is 5.73 Å². The van der Waals surface area contributed by atoms with Gasteiger partial charge >= 0.3 is 23.5 Å². The Morgan fingerprint density at radius 3 is 2.35 bits per heavy atom. The van der Waals surface area contributed by atoms with E-state index in [2.05, 4.69) is 36.4 Å². The number of anilines is 1. The minimum Gasteiger partial charge on any atom is -0.386 e. The summed E-state index contributed by atoms with van der Waals surface area (Å²) in [6, 6.07) is 0. The zero-order chi connectivity index (χ0) is 36.1. The van der Waals surface area contributed by atoms with Crippen LogP contribution in [0.15, 0.2) is 12.7 Å². The van der Waals surface area contributed by atoms with Gasteiger partial charge in [-0.2, -0.15) is 16.9 Å². The van der Waals surface area contributed by atoms with E-state index in [0.717, 1.165) is 17.2 Å². The number of fused-ring (bicyclic) bond motifs is 1. The van der Waals surface area contributed by atoms with Crippen molar-refractivity contribution >= 4 is 64.6 Å². The van der Waals surface area contributed by atoms with Crippen molar-refractivity contribution < 1.29 is 75.7 Å². The Hall–Kier alpha value is -1.71. The summed E-state index contributed by atoms with van der Waals surface area (Å²) >= 11 is 4.03. The van der Waals surface area contributed by atoms with Gasteiger partial charge in [-0.3, -0.25) is 27.7 Å². The van der Waals surface area contributed by atoms with E-state index in [1.54, 1.807) is 0 Å². The highest BCUT2D eigenvalue weighted by atomic mass is 32.1. The molecule has 1 fully saturated rings. The molecule has 0 aromatic carbocycles. The van der Waals surface area contributed by atoms with Gasteiger partial charge in [0.05, 0.1) is 19.5 Å². The molecule has 8 N–H and O–H groups in total. The monoisotopic (exact) mass is 765 g/mol. The molecule has 2 unspecified atom stereocenters. The molecule has 0 bridgehead atoms. The largest absolute Gasteiger partial charge is 0.481 e. The van der Waals surface area contributed by atoms with Gasteiger partial charge in [-0.1, -0.05) is 13.8 Å². The Morgan fingerprint density at radius 2 is 1.71 bits per heavy atom. The molecule has 21 nitrogen and oxygen atoms in total. The van der Waals surface area contributed by atoms with Gasteiger partial charge in [0.1, 0.15) is 42.0 Å². The number of carbonyl (C=O) groups excluding carboxylic acids is 2. The Morgan fingerprint density at radius 1 is 1.06 bits per heavy atom. The molecule has 48 heavy (non-hydrogen) atoms. The van der Waals surface area contributed by atoms with Crippen LogP contribution in [0.1, 0.15) is 52.2 Å². The molecule has 1 aliphatic rings. The number of carbonyl (C=O) groups is 2. The lowest BCUT2D eigenvalue weighted by Gasteiger charge is -2.30. The topological polar surface area (TPSA) is 322 Å². The fourth-order valence-corrected chi connectivity index (χ4v) is 7.52. The predicted molar refractivity (Wildman–Crippen MR) is 166 cm³/mol. The van der Waals surface area contributed by atoms with Gasteiger partial charge in [0.25, 0.3) is 0 Å². The van der Waals surface area contributed by atoms with Crippen LogP contribution in [-0.4, -0.2) is 104 Å². The van der Waals surface area contributed by atoms with Crippen LogP contribution in [0.25, 0.3) is 11.2 Å². The summed E-state index contributed by atoms with van der Waals surface area (Å²) in [5, 5.41) is 21.3. The Labute approximate surface area is 279 Å². The summed E-state index contributed by atoms with van der Waals surface area (Å²) in [5.41, 5.74) is 4.39. The number of rotatable bonds is 20. The number of aromatic nitrogens is 4. The fourth-order valence-electron chi connectivity index (χ4n) is 4.53. The molecule has 0 spiro atoms. The first-order valence-corrected chi connectivity index (χ1v) is 19.3. The number of aliphatic hydroxyl groups excluding tert-OH is 2. The molecule has 3 heterocycles. The number of Topliss-reactive ketones (excluding diaryl/α,β-unsaturated/α-hetero) is 2. The van der Waals surface area contributed by atoms with Gasteiger partial charge in [-0.25, -0.2) is 28.6 Å². The summed E-state index contributed by atoms with van der Waals surface area (Å²) in [4.78, 5) is 75.0. The van der Waals surface area contributed by atoms with Crippen molar-refractivity contribution in [2.75, 3.05) is 24.7 Å². The average molecular weight is 766 g/mol. The summed E-state index contributed by atoms with van der Waals surface area (Å²) in [6.07, 6.45) is -5.41. The summed E-state index contributed by atoms with van der Waals surface area (Å²) in [7, 11) is -16.2. The lowest BCUT2D eigenvalue weighted by molar-refractivity contribution is -0.134. The van der Waals surface area contributed by atoms with E-state index >= 15 is 0 Å². The van der Waals surface area contributed by atoms with Crippen LogP contribution in [-0.2, 0) is 45.9 Å². The van der Waals surface area contributed by atoms with E-state index in [1.165, 1.54) is 13.8 Å². The first kappa shape index (κ1) is 40.7. The molecule has 1 aliphatic heterocycles. The van der Waals surface area contributed by atoms with E-state index in [1.807, 2.05) is 0 Å². The van der Waals surface area contributed by atoms with Crippen molar-refractivity contribution in [3.63, 3.8) is 0 Å². The molecule has 1 saturated heterocycles. The van der Waals surface area contributed by atoms with Gasteiger partial charge < -0.3 is 40.3 Å². The molecule has 0 aliphatic carbocycles. The maximum absolute atomic E-state index is 12.6. The van der Waals surface area contributed by atoms with Crippen molar-refractivity contribution in [3.8, 4) is 0 Å². The number of phosphoric ester groups is 3. The third-order valence-corrected chi connectivity index (χ3v) is 10.4. The van der Waals surface area contributed by atoms with E-state index in [9.17, 15) is 53.1 Å². The number of nitrogen functional groups attached to an aromatic ring is 1. The number of phosphoric acid groups is 3. The number of imidazole rings is 1. The Bertz CT molecular complexity index is 1590. The Kier molecular flexibility index (Phi) is 14.0. The van der Waals surface area contributed by atoms with E-state index in [4.69, 9.17) is 19.5 Å². The van der Waals surface area contributed by atoms with Gasteiger partial charge in [-0.15, -0.1) is 0 Å². The SMILES string of the molecule is CC(C)(COP(=O)(O)OP(=O)(O)OC[C@H]1O[C@H](n2cnc3c(N)ncnc32)[C@H](O)[C@@H]1OP(=O)(O)O)[C@@H](O)C(=O)CCCC(=O)CCCS. The van der Waals surface area contributed by atoms with Crippen LogP contribution in [0.3, 0.4) is 0 Å². The molecule has 0 radical (unpaired) electrons. The second-order valence-corrected chi connectivity index (χ2v) is 16.0. The number of ether oxygens (including phenoxy) is 1. The standard InChI is InChI=1S/C23H38N5O16P3S/c1-23(2,19(32)14(30)7-3-5-13(29)6-4-8-48)10-41-47(38,39)44-46(36,37)40-9-15-18(43-45(33,34)35)17(31)22(42-15)28-12-27-16-20(24)25-11-26-21(16)28/h11-12,15,17-19,22,31-32,48H,3-10H2,1-2H3,(H,36,37)(H,38,39)(H2,24,25,26)(H2,33,34,35)/t15-,17-,18-,19+,22+/m1/s1. The second kappa shape index (κ2) is 16.5. The van der Waals surface area contributed by atoms with Gasteiger partial charge in [0.15, 0.2) is 23.5 Å². The summed E-state index contributed by atoms with van der Waals surface area (Å²) in [6.45, 7) is 0.712.